The molecule has 0 aliphatic carbocycles. The number of hydrogen-bond donors (Lipinski definition) is 1. The fourth-order valence-electron chi connectivity index (χ4n) is 2.55. The monoisotopic (exact) mass is 368 g/mol. The molecule has 0 bridgehead atoms. The standard InChI is InChI=1S/C17H28N4O3S/c1-22-15-7-5-14(6-8-15)20-9-11-21(12-10-20)19-17(25-4)18-13-16(23-2)24-3/h5-8,16H,9-13H2,1-4H3,(H,18,19). The second-order valence-corrected chi connectivity index (χ2v) is 6.33. The van der Waals surface area contributed by atoms with Crippen LogP contribution in [0.2, 0.25) is 0 Å². The van der Waals surface area contributed by atoms with E-state index in [1.54, 1.807) is 33.1 Å². The van der Waals surface area contributed by atoms with Crippen LogP contribution in [-0.2, 0) is 9.47 Å². The van der Waals surface area contributed by atoms with Gasteiger partial charge in [0.05, 0.1) is 13.7 Å². The van der Waals surface area contributed by atoms with Crippen molar-refractivity contribution < 1.29 is 14.2 Å². The van der Waals surface area contributed by atoms with E-state index < -0.39 is 0 Å². The van der Waals surface area contributed by atoms with Crippen LogP contribution in [0.15, 0.2) is 29.3 Å². The Morgan fingerprint density at radius 2 is 1.76 bits per heavy atom. The number of amidine groups is 1. The minimum atomic E-state index is -0.309. The van der Waals surface area contributed by atoms with Gasteiger partial charge in [-0.05, 0) is 30.5 Å². The molecule has 1 aromatic carbocycles. The van der Waals surface area contributed by atoms with Crippen molar-refractivity contribution >= 4 is 22.6 Å². The van der Waals surface area contributed by atoms with E-state index in [0.29, 0.717) is 6.54 Å². The number of rotatable bonds is 7. The van der Waals surface area contributed by atoms with E-state index in [2.05, 4.69) is 32.5 Å². The van der Waals surface area contributed by atoms with Crippen LogP contribution < -0.4 is 15.1 Å². The van der Waals surface area contributed by atoms with Gasteiger partial charge >= 0.3 is 0 Å². The average molecular weight is 369 g/mol. The van der Waals surface area contributed by atoms with Crippen molar-refractivity contribution in [2.75, 3.05) is 65.2 Å². The fraction of sp³-hybridized carbons (Fsp3) is 0.588. The lowest BCUT2D eigenvalue weighted by molar-refractivity contribution is -0.0937. The Labute approximate surface area is 154 Å². The highest BCUT2D eigenvalue weighted by atomic mass is 32.2. The minimum absolute atomic E-state index is 0.309. The van der Waals surface area contributed by atoms with Gasteiger partial charge in [-0.15, -0.1) is 0 Å². The maximum atomic E-state index is 5.22. The normalized spacial score (nSPS) is 16.4. The quantitative estimate of drug-likeness (QED) is 0.446. The lowest BCUT2D eigenvalue weighted by Crippen LogP contribution is -2.53. The molecule has 0 radical (unpaired) electrons. The summed E-state index contributed by atoms with van der Waals surface area (Å²) in [5.41, 5.74) is 4.61. The number of anilines is 1. The predicted molar refractivity (Wildman–Crippen MR) is 104 cm³/mol. The number of piperazine rings is 1. The van der Waals surface area contributed by atoms with Gasteiger partial charge in [0, 0.05) is 46.1 Å². The van der Waals surface area contributed by atoms with Gasteiger partial charge in [-0.2, -0.15) is 0 Å². The molecule has 2 rings (SSSR count). The van der Waals surface area contributed by atoms with Crippen LogP contribution in [0.4, 0.5) is 5.69 Å². The molecule has 8 heteroatoms. The minimum Gasteiger partial charge on any atom is -0.497 e. The van der Waals surface area contributed by atoms with Crippen molar-refractivity contribution in [3.05, 3.63) is 24.3 Å². The van der Waals surface area contributed by atoms with Gasteiger partial charge in [0.25, 0.3) is 0 Å². The second-order valence-electron chi connectivity index (χ2n) is 5.53. The summed E-state index contributed by atoms with van der Waals surface area (Å²) < 4.78 is 15.6. The third-order valence-corrected chi connectivity index (χ3v) is 4.68. The van der Waals surface area contributed by atoms with Gasteiger partial charge < -0.3 is 19.1 Å². The molecule has 1 N–H and O–H groups in total. The molecule has 1 fully saturated rings. The van der Waals surface area contributed by atoms with Crippen molar-refractivity contribution in [3.63, 3.8) is 0 Å². The Hall–Kier alpha value is -1.48. The summed E-state index contributed by atoms with van der Waals surface area (Å²) in [6.45, 7) is 4.23. The van der Waals surface area contributed by atoms with Gasteiger partial charge in [0.15, 0.2) is 11.5 Å². The fourth-order valence-corrected chi connectivity index (χ4v) is 2.98. The van der Waals surface area contributed by atoms with Crippen molar-refractivity contribution in [2.45, 2.75) is 6.29 Å². The van der Waals surface area contributed by atoms with Crippen LogP contribution in [0.3, 0.4) is 0 Å². The number of ether oxygens (including phenoxy) is 3. The van der Waals surface area contributed by atoms with Gasteiger partial charge in [0.2, 0.25) is 0 Å². The first-order valence-electron chi connectivity index (χ1n) is 8.24. The number of hydrogen-bond acceptors (Lipinski definition) is 7. The number of thioether (sulfide) groups is 1. The SMILES string of the molecule is COc1ccc(N2CCN(NC(=NCC(OC)OC)SC)CC2)cc1. The topological polar surface area (TPSA) is 58.6 Å². The molecule has 0 unspecified atom stereocenters. The summed E-state index contributed by atoms with van der Waals surface area (Å²) >= 11 is 1.59. The summed E-state index contributed by atoms with van der Waals surface area (Å²) in [6, 6.07) is 8.21. The zero-order valence-electron chi connectivity index (χ0n) is 15.4. The van der Waals surface area contributed by atoms with Crippen LogP contribution >= 0.6 is 11.8 Å². The summed E-state index contributed by atoms with van der Waals surface area (Å²) in [7, 11) is 4.92. The molecule has 1 aromatic rings. The maximum Gasteiger partial charge on any atom is 0.176 e. The highest BCUT2D eigenvalue weighted by molar-refractivity contribution is 8.13. The molecular formula is C17H28N4O3S. The first-order chi connectivity index (χ1) is 12.2. The molecule has 0 spiro atoms. The zero-order chi connectivity index (χ0) is 18.1. The van der Waals surface area contributed by atoms with E-state index in [9.17, 15) is 0 Å². The van der Waals surface area contributed by atoms with E-state index in [-0.39, 0.29) is 6.29 Å². The third-order valence-electron chi connectivity index (χ3n) is 4.07. The molecule has 0 atom stereocenters. The molecule has 0 saturated carbocycles. The Morgan fingerprint density at radius 1 is 1.12 bits per heavy atom. The molecular weight excluding hydrogens is 340 g/mol. The second kappa shape index (κ2) is 10.5. The van der Waals surface area contributed by atoms with Crippen molar-refractivity contribution in [2.24, 2.45) is 4.99 Å². The first-order valence-corrected chi connectivity index (χ1v) is 9.47. The molecule has 0 aromatic heterocycles. The van der Waals surface area contributed by atoms with Crippen LogP contribution in [0.5, 0.6) is 5.75 Å². The van der Waals surface area contributed by atoms with Gasteiger partial charge in [-0.25, -0.2) is 5.01 Å². The third kappa shape index (κ3) is 6.07. The number of nitrogens with one attached hydrogen (secondary N) is 1. The Kier molecular flexibility index (Phi) is 8.33. The van der Waals surface area contributed by atoms with Crippen LogP contribution in [0.1, 0.15) is 0 Å². The van der Waals surface area contributed by atoms with Gasteiger partial charge in [-0.1, -0.05) is 11.8 Å². The Balaban J connectivity index is 1.82. The number of hydrazine groups is 1. The predicted octanol–water partition coefficient (Wildman–Crippen LogP) is 1.66. The maximum absolute atomic E-state index is 5.22. The van der Waals surface area contributed by atoms with E-state index in [0.717, 1.165) is 37.1 Å². The number of methoxy groups -OCH3 is 3. The van der Waals surface area contributed by atoms with E-state index >= 15 is 0 Å². The molecule has 25 heavy (non-hydrogen) atoms. The Bertz CT molecular complexity index is 529. The molecule has 140 valence electrons. The lowest BCUT2D eigenvalue weighted by Gasteiger charge is -2.36. The van der Waals surface area contributed by atoms with Crippen molar-refractivity contribution in [3.8, 4) is 5.75 Å². The van der Waals surface area contributed by atoms with Crippen molar-refractivity contribution in [1.29, 1.82) is 0 Å². The molecule has 1 saturated heterocycles. The van der Waals surface area contributed by atoms with E-state index in [4.69, 9.17) is 14.2 Å². The van der Waals surface area contributed by atoms with Crippen LogP contribution in [0.25, 0.3) is 0 Å². The summed E-state index contributed by atoms with van der Waals surface area (Å²) in [6.07, 6.45) is 1.70. The Morgan fingerprint density at radius 3 is 2.28 bits per heavy atom. The van der Waals surface area contributed by atoms with E-state index in [1.165, 1.54) is 5.69 Å². The van der Waals surface area contributed by atoms with Gasteiger partial charge in [0.1, 0.15) is 5.75 Å². The van der Waals surface area contributed by atoms with E-state index in [1.807, 2.05) is 18.4 Å². The summed E-state index contributed by atoms with van der Waals surface area (Å²) in [4.78, 5) is 6.90. The average Bonchev–Trinajstić information content (AvgIpc) is 2.68. The van der Waals surface area contributed by atoms with Gasteiger partial charge in [-0.3, -0.25) is 10.4 Å². The molecule has 1 aliphatic heterocycles. The number of nitrogens with zero attached hydrogens (tertiary/aromatic N) is 3. The molecule has 7 nitrogen and oxygen atoms in total. The molecule has 1 aliphatic rings. The van der Waals surface area contributed by atoms with Crippen molar-refractivity contribution in [1.82, 2.24) is 10.4 Å². The zero-order valence-corrected chi connectivity index (χ0v) is 16.2. The largest absolute Gasteiger partial charge is 0.497 e. The lowest BCUT2D eigenvalue weighted by atomic mass is 10.2. The van der Waals surface area contributed by atoms with Crippen LogP contribution in [0, 0.1) is 0 Å². The highest BCUT2D eigenvalue weighted by Crippen LogP contribution is 2.20. The number of aliphatic imine (C=N–C) groups is 1. The number of benzene rings is 1. The summed E-state index contributed by atoms with van der Waals surface area (Å²) in [5.74, 6) is 0.885. The highest BCUT2D eigenvalue weighted by Gasteiger charge is 2.18. The van der Waals surface area contributed by atoms with Crippen LogP contribution in [-0.4, -0.2) is 76.8 Å². The first kappa shape index (κ1) is 19.8. The summed E-state index contributed by atoms with van der Waals surface area (Å²) in [5, 5.41) is 3.07. The molecule has 1 heterocycles. The smallest absolute Gasteiger partial charge is 0.176 e. The molecule has 0 amide bonds.